The molecular weight excluding hydrogens is 981 g/mol. The summed E-state index contributed by atoms with van der Waals surface area (Å²) in [5, 5.41) is 40.5. The normalized spacial score (nSPS) is 11.5. The van der Waals surface area contributed by atoms with Crippen molar-refractivity contribution in [1.29, 1.82) is 0 Å². The molecule has 8 rings (SSSR count). The Morgan fingerprint density at radius 1 is 0.560 bits per heavy atom. The molecule has 6 aromatic heterocycles. The number of rotatable bonds is 18. The quantitative estimate of drug-likeness (QED) is 0.0568. The van der Waals surface area contributed by atoms with Crippen LogP contribution in [0, 0.1) is 0 Å². The van der Waals surface area contributed by atoms with E-state index in [1.54, 1.807) is 49.2 Å². The van der Waals surface area contributed by atoms with Crippen LogP contribution in [0.1, 0.15) is 57.8 Å². The Labute approximate surface area is 422 Å². The highest BCUT2D eigenvalue weighted by atomic mass is 16.4. The lowest BCUT2D eigenvalue weighted by molar-refractivity contribution is -0.142. The van der Waals surface area contributed by atoms with Gasteiger partial charge in [0.1, 0.15) is 23.9 Å². The molecule has 2 amide bonds. The molecule has 75 heavy (non-hydrogen) atoms. The fraction of sp³-hybridized carbons (Fsp3) is 0.222. The van der Waals surface area contributed by atoms with Crippen molar-refractivity contribution in [3.05, 3.63) is 102 Å². The third-order valence-corrected chi connectivity index (χ3v) is 10.5. The van der Waals surface area contributed by atoms with Gasteiger partial charge in [-0.25, -0.2) is 44.5 Å². The summed E-state index contributed by atoms with van der Waals surface area (Å²) in [5.74, 6) is -5.82. The summed E-state index contributed by atoms with van der Waals surface area (Å²) >= 11 is 0. The van der Waals surface area contributed by atoms with Gasteiger partial charge in [-0.05, 0) is 61.4 Å². The van der Waals surface area contributed by atoms with Crippen LogP contribution in [-0.4, -0.2) is 142 Å². The fourth-order valence-electron chi connectivity index (χ4n) is 6.75. The van der Waals surface area contributed by atoms with Crippen molar-refractivity contribution in [1.82, 2.24) is 70.4 Å². The third-order valence-electron chi connectivity index (χ3n) is 10.5. The zero-order valence-corrected chi connectivity index (χ0v) is 39.8. The van der Waals surface area contributed by atoms with E-state index in [1.165, 1.54) is 30.6 Å². The van der Waals surface area contributed by atoms with Gasteiger partial charge >= 0.3 is 23.9 Å². The van der Waals surface area contributed by atoms with E-state index in [4.69, 9.17) is 33.1 Å². The Kier molecular flexibility index (Phi) is 17.6. The molecule has 0 aliphatic carbocycles. The van der Waals surface area contributed by atoms with E-state index >= 15 is 0 Å². The molecule has 0 spiro atoms. The second kappa shape index (κ2) is 24.5. The topological polar surface area (TPSA) is 476 Å². The van der Waals surface area contributed by atoms with E-state index in [0.717, 1.165) is 16.9 Å². The number of nitrogens with zero attached hydrogens (tertiary/aromatic N) is 13. The lowest BCUT2D eigenvalue weighted by Crippen LogP contribution is -2.41. The van der Waals surface area contributed by atoms with Crippen molar-refractivity contribution in [2.45, 2.75) is 50.9 Å². The number of amides is 2. The number of carboxylic acid groups (broad SMARTS) is 4. The Balaban J connectivity index is 0.000000208. The number of nitrogens with one attached hydrogen (secondary N) is 3. The van der Waals surface area contributed by atoms with Gasteiger partial charge in [0, 0.05) is 49.4 Å². The lowest BCUT2D eigenvalue weighted by Gasteiger charge is -2.19. The van der Waals surface area contributed by atoms with Gasteiger partial charge in [0.25, 0.3) is 11.8 Å². The van der Waals surface area contributed by atoms with Crippen molar-refractivity contribution in [2.75, 3.05) is 46.8 Å². The molecule has 0 bridgehead atoms. The van der Waals surface area contributed by atoms with E-state index in [2.05, 4.69) is 70.4 Å². The molecule has 2 atom stereocenters. The van der Waals surface area contributed by atoms with E-state index in [-0.39, 0.29) is 60.3 Å². The van der Waals surface area contributed by atoms with Gasteiger partial charge in [-0.15, -0.1) is 0 Å². The van der Waals surface area contributed by atoms with E-state index < -0.39 is 47.8 Å². The SMILES string of the molecule is CN(Cc1cnc2nc(N)nc(N)c2n1)c1ccc(C(=O)NC(CCC(=O)O)C(=O)O)cc1.CN(Cc1cnc2nc(N)nc(N)c2n1)c1ccc(C(=O)NC(CCC(=O)O)C(=O)O)cc1.c1ncc2[nH]cnc2n1. The highest BCUT2D eigenvalue weighted by Gasteiger charge is 2.23. The molecule has 0 fully saturated rings. The molecule has 2 unspecified atom stereocenters. The number of benzene rings is 2. The molecule has 0 aliphatic heterocycles. The first-order valence-electron chi connectivity index (χ1n) is 22.1. The Bertz CT molecular complexity index is 3150. The average molecular weight is 1030 g/mol. The van der Waals surface area contributed by atoms with Crippen LogP contribution >= 0.6 is 0 Å². The van der Waals surface area contributed by atoms with Crippen molar-refractivity contribution in [2.24, 2.45) is 0 Å². The Morgan fingerprint density at radius 3 is 1.37 bits per heavy atom. The number of nitrogen functional groups attached to an aromatic ring is 4. The number of nitrogens with two attached hydrogens (primary N) is 4. The first-order valence-corrected chi connectivity index (χ1v) is 22.1. The second-order valence-corrected chi connectivity index (χ2v) is 16.1. The molecule has 0 radical (unpaired) electrons. The van der Waals surface area contributed by atoms with Crippen molar-refractivity contribution in [3.63, 3.8) is 0 Å². The lowest BCUT2D eigenvalue weighted by atomic mass is 10.1. The van der Waals surface area contributed by atoms with Crippen LogP contribution in [0.5, 0.6) is 0 Å². The minimum absolute atomic E-state index is 0.0138. The van der Waals surface area contributed by atoms with Crippen molar-refractivity contribution in [3.8, 4) is 0 Å². The average Bonchev–Trinajstić information content (AvgIpc) is 3.86. The standard InChI is InChI=1S/2C20H22N8O5.C5H4N4/c2*1-28(9-11-8-23-17-15(24-11)16(21)26-20(22)27-17)12-4-2-10(3-5-12)18(31)25-13(19(32)33)6-7-14(29)30;1-4-5(8-2-6-1)9-3-7-4/h2*2-5,8,13H,6-7,9H2,1H3,(H,25,31)(H,29,30)(H,32,33)(H4,21,22,23,26,27);1-3H,(H,6,7,8,9). The van der Waals surface area contributed by atoms with Crippen LogP contribution in [0.2, 0.25) is 0 Å². The Hall–Kier alpha value is -10.6. The third kappa shape index (κ3) is 15.0. The number of fused-ring (bicyclic) bond motifs is 3. The summed E-state index contributed by atoms with van der Waals surface area (Å²) in [5.41, 5.74) is 28.9. The molecular formula is C45H48N20O10. The Morgan fingerprint density at radius 2 is 0.987 bits per heavy atom. The number of hydrogen-bond acceptors (Lipinski definition) is 23. The van der Waals surface area contributed by atoms with Gasteiger partial charge in [0.2, 0.25) is 11.9 Å². The number of aliphatic carboxylic acids is 4. The summed E-state index contributed by atoms with van der Waals surface area (Å²) < 4.78 is 0. The molecule has 2 aromatic carbocycles. The number of carboxylic acids is 4. The number of aromatic nitrogens is 12. The van der Waals surface area contributed by atoms with Crippen LogP contribution in [0.15, 0.2) is 79.8 Å². The highest BCUT2D eigenvalue weighted by molar-refractivity contribution is 5.98. The smallest absolute Gasteiger partial charge is 0.326 e. The summed E-state index contributed by atoms with van der Waals surface area (Å²) in [7, 11) is 3.63. The maximum Gasteiger partial charge on any atom is 0.326 e. The molecule has 8 aromatic rings. The van der Waals surface area contributed by atoms with E-state index in [0.29, 0.717) is 52.5 Å². The zero-order valence-electron chi connectivity index (χ0n) is 39.8. The van der Waals surface area contributed by atoms with Crippen molar-refractivity contribution < 1.29 is 49.2 Å². The summed E-state index contributed by atoms with van der Waals surface area (Å²) in [4.78, 5) is 120. The number of aromatic amines is 1. The summed E-state index contributed by atoms with van der Waals surface area (Å²) in [6, 6.07) is 10.3. The van der Waals surface area contributed by atoms with Crippen molar-refractivity contribution >= 4 is 104 Å². The van der Waals surface area contributed by atoms with Gasteiger partial charge in [-0.3, -0.25) is 19.2 Å². The fourth-order valence-corrected chi connectivity index (χ4v) is 6.75. The number of carbonyl (C=O) groups is 6. The first kappa shape index (κ1) is 53.8. The molecule has 0 aliphatic rings. The molecule has 30 heteroatoms. The van der Waals surface area contributed by atoms with Gasteiger partial charge in [-0.1, -0.05) is 0 Å². The number of carbonyl (C=O) groups excluding carboxylic acids is 2. The largest absolute Gasteiger partial charge is 0.481 e. The molecule has 30 nitrogen and oxygen atoms in total. The number of hydrogen-bond donors (Lipinski definition) is 11. The minimum atomic E-state index is -1.30. The van der Waals surface area contributed by atoms with Gasteiger partial charge in [0.05, 0.1) is 49.4 Å². The van der Waals surface area contributed by atoms with Crippen LogP contribution in [0.3, 0.4) is 0 Å². The molecule has 6 heterocycles. The second-order valence-electron chi connectivity index (χ2n) is 16.1. The summed E-state index contributed by atoms with van der Waals surface area (Å²) in [6.45, 7) is 0.739. The molecule has 0 saturated heterocycles. The predicted molar refractivity (Wildman–Crippen MR) is 268 cm³/mol. The van der Waals surface area contributed by atoms with Crippen LogP contribution < -0.4 is 43.4 Å². The maximum atomic E-state index is 12.4. The van der Waals surface area contributed by atoms with Gasteiger partial charge in [-0.2, -0.15) is 19.9 Å². The first-order chi connectivity index (χ1) is 35.7. The highest BCUT2D eigenvalue weighted by Crippen LogP contribution is 2.21. The number of H-pyrrole nitrogens is 1. The molecule has 388 valence electrons. The van der Waals surface area contributed by atoms with Crippen LogP contribution in [-0.2, 0) is 32.3 Å². The summed E-state index contributed by atoms with van der Waals surface area (Å²) in [6.07, 6.45) is 6.69. The maximum absolute atomic E-state index is 12.4. The van der Waals surface area contributed by atoms with Crippen LogP contribution in [0.4, 0.5) is 34.9 Å². The van der Waals surface area contributed by atoms with Crippen LogP contribution in [0.25, 0.3) is 33.5 Å². The predicted octanol–water partition coefficient (Wildman–Crippen LogP) is 0.890. The zero-order chi connectivity index (χ0) is 54.3. The molecule has 0 saturated carbocycles. The van der Waals surface area contributed by atoms with Gasteiger partial charge < -0.3 is 68.8 Å². The number of anilines is 6. The van der Waals surface area contributed by atoms with E-state index in [9.17, 15) is 39.0 Å². The monoisotopic (exact) mass is 1030 g/mol. The van der Waals surface area contributed by atoms with Gasteiger partial charge in [0.15, 0.2) is 39.6 Å². The van der Waals surface area contributed by atoms with E-state index in [1.807, 2.05) is 23.9 Å². The number of imidazole rings is 1. The minimum Gasteiger partial charge on any atom is -0.481 e. The molecule has 15 N–H and O–H groups in total.